The minimum Gasteiger partial charge on any atom is -0.384 e. The molecule has 4 heteroatoms. The molecule has 3 rings (SSSR count). The van der Waals surface area contributed by atoms with Crippen molar-refractivity contribution in [2.75, 3.05) is 44.6 Å². The molecule has 20 heavy (non-hydrogen) atoms. The Morgan fingerprint density at radius 3 is 2.75 bits per heavy atom. The Labute approximate surface area is 120 Å². The van der Waals surface area contributed by atoms with Crippen molar-refractivity contribution in [1.82, 2.24) is 9.80 Å². The molecule has 2 fully saturated rings. The lowest BCUT2D eigenvalue weighted by Crippen LogP contribution is -2.38. The standard InChI is InChI=1S/C16H24FN3/c17-14-4-6-15(7-5-14)18-8-12-19-9-2-11-20-10-1-3-16(20)13-19/h4-7,16,18H,1-3,8-13H2. The number of hydrogen-bond donors (Lipinski definition) is 1. The maximum atomic E-state index is 12.8. The van der Waals surface area contributed by atoms with Crippen LogP contribution >= 0.6 is 0 Å². The van der Waals surface area contributed by atoms with E-state index in [-0.39, 0.29) is 5.82 Å². The summed E-state index contributed by atoms with van der Waals surface area (Å²) in [6.45, 7) is 6.99. The van der Waals surface area contributed by atoms with Crippen LogP contribution in [0.25, 0.3) is 0 Å². The fourth-order valence-electron chi connectivity index (χ4n) is 3.41. The second kappa shape index (κ2) is 6.55. The molecule has 1 N–H and O–H groups in total. The van der Waals surface area contributed by atoms with Crippen molar-refractivity contribution >= 4 is 5.69 Å². The third kappa shape index (κ3) is 3.49. The maximum Gasteiger partial charge on any atom is 0.123 e. The predicted molar refractivity (Wildman–Crippen MR) is 80.5 cm³/mol. The smallest absolute Gasteiger partial charge is 0.123 e. The summed E-state index contributed by atoms with van der Waals surface area (Å²) in [5.41, 5.74) is 1.00. The van der Waals surface area contributed by atoms with E-state index < -0.39 is 0 Å². The van der Waals surface area contributed by atoms with Crippen LogP contribution in [0.15, 0.2) is 24.3 Å². The van der Waals surface area contributed by atoms with E-state index >= 15 is 0 Å². The van der Waals surface area contributed by atoms with E-state index in [0.717, 1.165) is 24.8 Å². The van der Waals surface area contributed by atoms with Gasteiger partial charge < -0.3 is 5.32 Å². The minimum atomic E-state index is -0.176. The molecule has 1 atom stereocenters. The monoisotopic (exact) mass is 277 g/mol. The first-order valence-electron chi connectivity index (χ1n) is 7.77. The summed E-state index contributed by atoms with van der Waals surface area (Å²) >= 11 is 0. The molecule has 110 valence electrons. The first kappa shape index (κ1) is 13.8. The van der Waals surface area contributed by atoms with Gasteiger partial charge in [0.25, 0.3) is 0 Å². The van der Waals surface area contributed by atoms with E-state index in [4.69, 9.17) is 0 Å². The quantitative estimate of drug-likeness (QED) is 0.912. The van der Waals surface area contributed by atoms with E-state index in [0.29, 0.717) is 0 Å². The van der Waals surface area contributed by atoms with Crippen molar-refractivity contribution < 1.29 is 4.39 Å². The van der Waals surface area contributed by atoms with E-state index in [9.17, 15) is 4.39 Å². The van der Waals surface area contributed by atoms with Gasteiger partial charge in [-0.1, -0.05) is 0 Å². The van der Waals surface area contributed by atoms with Crippen LogP contribution in [0.2, 0.25) is 0 Å². The lowest BCUT2D eigenvalue weighted by molar-refractivity contribution is 0.224. The normalized spacial score (nSPS) is 24.4. The number of halogens is 1. The number of anilines is 1. The molecule has 2 aliphatic heterocycles. The van der Waals surface area contributed by atoms with Crippen molar-refractivity contribution in [2.24, 2.45) is 0 Å². The molecule has 1 aromatic carbocycles. The average Bonchev–Trinajstić information content (AvgIpc) is 2.80. The van der Waals surface area contributed by atoms with Crippen molar-refractivity contribution in [3.8, 4) is 0 Å². The summed E-state index contributed by atoms with van der Waals surface area (Å²) in [4.78, 5) is 5.24. The SMILES string of the molecule is Fc1ccc(NCCN2CCCN3CCCC3C2)cc1. The van der Waals surface area contributed by atoms with Crippen LogP contribution in [0, 0.1) is 5.82 Å². The van der Waals surface area contributed by atoms with Crippen LogP contribution in [-0.4, -0.2) is 55.1 Å². The first-order valence-corrected chi connectivity index (χ1v) is 7.77. The molecular formula is C16H24FN3. The van der Waals surface area contributed by atoms with Gasteiger partial charge in [-0.25, -0.2) is 4.39 Å². The fourth-order valence-corrected chi connectivity index (χ4v) is 3.41. The number of benzene rings is 1. The Kier molecular flexibility index (Phi) is 4.53. The summed E-state index contributed by atoms with van der Waals surface area (Å²) in [5.74, 6) is -0.176. The Morgan fingerprint density at radius 2 is 1.90 bits per heavy atom. The highest BCUT2D eigenvalue weighted by molar-refractivity contribution is 5.42. The molecule has 3 nitrogen and oxygen atoms in total. The van der Waals surface area contributed by atoms with Gasteiger partial charge in [0.1, 0.15) is 5.82 Å². The highest BCUT2D eigenvalue weighted by Crippen LogP contribution is 2.21. The molecule has 1 unspecified atom stereocenters. The van der Waals surface area contributed by atoms with E-state index in [1.165, 1.54) is 57.6 Å². The van der Waals surface area contributed by atoms with Crippen molar-refractivity contribution in [1.29, 1.82) is 0 Å². The maximum absolute atomic E-state index is 12.8. The van der Waals surface area contributed by atoms with Gasteiger partial charge >= 0.3 is 0 Å². The molecule has 0 radical (unpaired) electrons. The topological polar surface area (TPSA) is 18.5 Å². The molecule has 0 spiro atoms. The molecule has 2 saturated heterocycles. The second-order valence-electron chi connectivity index (χ2n) is 5.92. The van der Waals surface area contributed by atoms with Crippen LogP contribution in [0.4, 0.5) is 10.1 Å². The van der Waals surface area contributed by atoms with Crippen LogP contribution in [0.5, 0.6) is 0 Å². The van der Waals surface area contributed by atoms with Crippen molar-refractivity contribution in [3.63, 3.8) is 0 Å². The van der Waals surface area contributed by atoms with Crippen molar-refractivity contribution in [3.05, 3.63) is 30.1 Å². The Balaban J connectivity index is 1.44. The van der Waals surface area contributed by atoms with Gasteiger partial charge in [-0.15, -0.1) is 0 Å². The largest absolute Gasteiger partial charge is 0.384 e. The van der Waals surface area contributed by atoms with E-state index in [2.05, 4.69) is 15.1 Å². The Bertz CT molecular complexity index is 420. The molecule has 0 bridgehead atoms. The van der Waals surface area contributed by atoms with Gasteiger partial charge in [-0.2, -0.15) is 0 Å². The van der Waals surface area contributed by atoms with Crippen molar-refractivity contribution in [2.45, 2.75) is 25.3 Å². The fraction of sp³-hybridized carbons (Fsp3) is 0.625. The van der Waals surface area contributed by atoms with Crippen LogP contribution < -0.4 is 5.32 Å². The molecule has 2 heterocycles. The number of hydrogen-bond acceptors (Lipinski definition) is 3. The van der Waals surface area contributed by atoms with Crippen LogP contribution in [0.3, 0.4) is 0 Å². The van der Waals surface area contributed by atoms with Gasteiger partial charge in [0.2, 0.25) is 0 Å². The third-order valence-corrected chi connectivity index (χ3v) is 4.49. The van der Waals surface area contributed by atoms with E-state index in [1.807, 2.05) is 0 Å². The molecule has 0 amide bonds. The zero-order chi connectivity index (χ0) is 13.8. The number of rotatable bonds is 4. The molecule has 0 saturated carbocycles. The van der Waals surface area contributed by atoms with Crippen LogP contribution in [-0.2, 0) is 0 Å². The molecule has 2 aliphatic rings. The van der Waals surface area contributed by atoms with Gasteiger partial charge in [0.05, 0.1) is 0 Å². The number of nitrogens with one attached hydrogen (secondary N) is 1. The number of nitrogens with zero attached hydrogens (tertiary/aromatic N) is 2. The minimum absolute atomic E-state index is 0.176. The average molecular weight is 277 g/mol. The lowest BCUT2D eigenvalue weighted by atomic mass is 10.2. The Hall–Kier alpha value is -1.13. The summed E-state index contributed by atoms with van der Waals surface area (Å²) in [6, 6.07) is 7.39. The van der Waals surface area contributed by atoms with Crippen LogP contribution in [0.1, 0.15) is 19.3 Å². The summed E-state index contributed by atoms with van der Waals surface area (Å²) in [5, 5.41) is 3.38. The molecule has 0 aliphatic carbocycles. The zero-order valence-electron chi connectivity index (χ0n) is 12.0. The summed E-state index contributed by atoms with van der Waals surface area (Å²) < 4.78 is 12.8. The second-order valence-corrected chi connectivity index (χ2v) is 5.92. The molecular weight excluding hydrogens is 253 g/mol. The highest BCUT2D eigenvalue weighted by Gasteiger charge is 2.28. The van der Waals surface area contributed by atoms with Gasteiger partial charge in [0, 0.05) is 31.4 Å². The summed E-state index contributed by atoms with van der Waals surface area (Å²) in [6.07, 6.45) is 4.02. The Morgan fingerprint density at radius 1 is 1.10 bits per heavy atom. The highest BCUT2D eigenvalue weighted by atomic mass is 19.1. The van der Waals surface area contributed by atoms with Gasteiger partial charge in [-0.05, 0) is 63.2 Å². The first-order chi connectivity index (χ1) is 9.81. The predicted octanol–water partition coefficient (Wildman–Crippen LogP) is 2.41. The number of fused-ring (bicyclic) bond motifs is 1. The van der Waals surface area contributed by atoms with Gasteiger partial charge in [-0.3, -0.25) is 9.80 Å². The zero-order valence-corrected chi connectivity index (χ0v) is 12.0. The summed E-state index contributed by atoms with van der Waals surface area (Å²) in [7, 11) is 0. The third-order valence-electron chi connectivity index (χ3n) is 4.49. The lowest BCUT2D eigenvalue weighted by Gasteiger charge is -2.25. The van der Waals surface area contributed by atoms with E-state index in [1.54, 1.807) is 12.1 Å². The molecule has 0 aromatic heterocycles. The van der Waals surface area contributed by atoms with Gasteiger partial charge in [0.15, 0.2) is 0 Å². The molecule has 1 aromatic rings.